The van der Waals surface area contributed by atoms with E-state index < -0.39 is 17.7 Å². The first kappa shape index (κ1) is 29.6. The van der Waals surface area contributed by atoms with Gasteiger partial charge in [0.25, 0.3) is 0 Å². The molecule has 0 aliphatic rings. The van der Waals surface area contributed by atoms with Crippen molar-refractivity contribution in [3.05, 3.63) is 82.9 Å². The van der Waals surface area contributed by atoms with E-state index in [9.17, 15) is 0 Å². The third-order valence-corrected chi connectivity index (χ3v) is 19.3. The van der Waals surface area contributed by atoms with Crippen molar-refractivity contribution in [2.75, 3.05) is 0 Å². The number of unbranched alkanes of at least 4 members (excludes halogenated alkanes) is 1. The third kappa shape index (κ3) is 8.47. The second kappa shape index (κ2) is 16.1. The fourth-order valence-corrected chi connectivity index (χ4v) is 13.6. The van der Waals surface area contributed by atoms with Crippen molar-refractivity contribution < 1.29 is 17.7 Å². The molecular formula is C30H39Cl2HfSi-2. The molecule has 0 amide bonds. The summed E-state index contributed by atoms with van der Waals surface area (Å²) in [4.78, 5) is 0. The number of benzene rings is 2. The first-order chi connectivity index (χ1) is 16.5. The summed E-state index contributed by atoms with van der Waals surface area (Å²) in [5, 5.41) is 5.78. The molecule has 0 aliphatic carbocycles. The van der Waals surface area contributed by atoms with Crippen molar-refractivity contribution in [3.8, 4) is 0 Å². The van der Waals surface area contributed by atoms with Gasteiger partial charge in [0.05, 0.1) is 0 Å². The molecule has 34 heavy (non-hydrogen) atoms. The average Bonchev–Trinajstić information content (AvgIpc) is 3.54. The SMILES string of the molecule is CCCC[Si]=[Hf]([Cl])[Cl].CCc1ccc(CC)c2[cH-]ccc12.CCc1ccc(CC)c2[cH-]ccc12. The zero-order valence-corrected chi connectivity index (χ0v) is 27.6. The molecule has 0 fully saturated rings. The number of rotatable bonds is 7. The minimum Gasteiger partial charge on any atom is -0.168 e. The molecule has 0 bridgehead atoms. The topological polar surface area (TPSA) is 0 Å². The van der Waals surface area contributed by atoms with E-state index in [0.29, 0.717) is 0 Å². The van der Waals surface area contributed by atoms with Gasteiger partial charge in [-0.15, -0.1) is 56.9 Å². The molecule has 0 saturated carbocycles. The monoisotopic (exact) mass is 677 g/mol. The minimum absolute atomic E-state index is 0.939. The molecule has 0 unspecified atom stereocenters. The van der Waals surface area contributed by atoms with Crippen LogP contribution in [-0.4, -0.2) is 6.22 Å². The van der Waals surface area contributed by atoms with Crippen LogP contribution >= 0.6 is 17.2 Å². The summed E-state index contributed by atoms with van der Waals surface area (Å²) in [6, 6.07) is 23.6. The molecule has 4 heteroatoms. The second-order valence-electron chi connectivity index (χ2n) is 8.43. The molecule has 4 rings (SSSR count). The van der Waals surface area contributed by atoms with E-state index in [1.165, 1.54) is 62.7 Å². The second-order valence-corrected chi connectivity index (χ2v) is 32.0. The van der Waals surface area contributed by atoms with E-state index >= 15 is 0 Å². The Bertz CT molecular complexity index is 1010. The van der Waals surface area contributed by atoms with E-state index in [1.807, 2.05) is 0 Å². The Morgan fingerprint density at radius 1 is 0.647 bits per heavy atom. The molecule has 4 aromatic carbocycles. The first-order valence-corrected chi connectivity index (χ1v) is 28.2. The van der Waals surface area contributed by atoms with Crippen LogP contribution in [0.5, 0.6) is 0 Å². The van der Waals surface area contributed by atoms with E-state index in [4.69, 9.17) is 17.2 Å². The summed E-state index contributed by atoms with van der Waals surface area (Å²) in [5.41, 5.74) is 5.88. The van der Waals surface area contributed by atoms with Crippen LogP contribution in [0.1, 0.15) is 69.7 Å². The van der Waals surface area contributed by atoms with Crippen LogP contribution < -0.4 is 0 Å². The van der Waals surface area contributed by atoms with Crippen LogP contribution in [0.2, 0.25) is 6.04 Å². The summed E-state index contributed by atoms with van der Waals surface area (Å²) in [5.74, 6) is 0. The Morgan fingerprint density at radius 2 is 1.06 bits per heavy atom. The normalized spacial score (nSPS) is 10.4. The predicted molar refractivity (Wildman–Crippen MR) is 154 cm³/mol. The van der Waals surface area contributed by atoms with Crippen molar-refractivity contribution in [1.82, 2.24) is 0 Å². The van der Waals surface area contributed by atoms with Gasteiger partial charge in [-0.05, 0) is 12.8 Å². The van der Waals surface area contributed by atoms with Crippen LogP contribution in [-0.2, 0) is 43.4 Å². The van der Waals surface area contributed by atoms with Gasteiger partial charge in [-0.3, -0.25) is 0 Å². The van der Waals surface area contributed by atoms with Crippen molar-refractivity contribution in [2.24, 2.45) is 0 Å². The van der Waals surface area contributed by atoms with Gasteiger partial charge in [0, 0.05) is 0 Å². The summed E-state index contributed by atoms with van der Waals surface area (Å²) < 4.78 is 0. The molecule has 0 atom stereocenters. The van der Waals surface area contributed by atoms with Crippen molar-refractivity contribution >= 4 is 44.9 Å². The fourth-order valence-electron chi connectivity index (χ4n) is 4.31. The zero-order chi connectivity index (χ0) is 24.9. The Hall–Kier alpha value is -0.673. The molecule has 0 heterocycles. The Balaban J connectivity index is 0.000000187. The number of hydrogen-bond acceptors (Lipinski definition) is 0. The van der Waals surface area contributed by atoms with E-state index in [1.54, 1.807) is 0 Å². The minimum atomic E-state index is -1.82. The summed E-state index contributed by atoms with van der Waals surface area (Å²) in [6.07, 6.45) is 8.05. The number of halogens is 2. The first-order valence-electron chi connectivity index (χ1n) is 12.7. The molecule has 0 spiro atoms. The molecule has 0 aromatic heterocycles. The quantitative estimate of drug-likeness (QED) is 0.104. The van der Waals surface area contributed by atoms with Crippen LogP contribution in [0.15, 0.2) is 60.7 Å². The van der Waals surface area contributed by atoms with Crippen molar-refractivity contribution in [2.45, 2.75) is 79.2 Å². The van der Waals surface area contributed by atoms with Gasteiger partial charge in [0.1, 0.15) is 0 Å². The summed E-state index contributed by atoms with van der Waals surface area (Å²) in [7, 11) is 11.4. The molecular weight excluding hydrogens is 638 g/mol. The Kier molecular flexibility index (Phi) is 14.0. The molecule has 1 radical (unpaired) electrons. The van der Waals surface area contributed by atoms with Crippen LogP contribution in [0.3, 0.4) is 0 Å². The molecule has 183 valence electrons. The largest absolute Gasteiger partial charge is 0.168 e. The van der Waals surface area contributed by atoms with Gasteiger partial charge in [0.2, 0.25) is 0 Å². The van der Waals surface area contributed by atoms with Crippen LogP contribution in [0.25, 0.3) is 21.5 Å². The van der Waals surface area contributed by atoms with E-state index in [2.05, 4.69) is 95.3 Å². The molecule has 0 nitrogen and oxygen atoms in total. The standard InChI is InChI=1S/2C13H15.C4H9Si.2ClH.Hf/c2*1-3-10-8-9-11(4-2)13-7-5-6-12(10)13;1-2-3-4-5;;;/h2*5-9H,3-4H2,1-2H3;2-4H2,1H3;2*1H;/q2*-1;;;;+2/p-2. The molecule has 4 aromatic rings. The van der Waals surface area contributed by atoms with Gasteiger partial charge in [0.15, 0.2) is 0 Å². The van der Waals surface area contributed by atoms with Gasteiger partial charge in [-0.25, -0.2) is 0 Å². The Labute approximate surface area is 223 Å². The zero-order valence-electron chi connectivity index (χ0n) is 21.5. The maximum Gasteiger partial charge on any atom is -0.0397 e. The van der Waals surface area contributed by atoms with Crippen LogP contribution in [0, 0.1) is 0 Å². The smallest absolute Gasteiger partial charge is 0.0397 e. The maximum atomic E-state index is 5.70. The number of aryl methyl sites for hydroxylation is 4. The van der Waals surface area contributed by atoms with E-state index in [0.717, 1.165) is 31.9 Å². The number of hydrogen-bond donors (Lipinski definition) is 0. The van der Waals surface area contributed by atoms with Crippen LogP contribution in [0.4, 0.5) is 0 Å². The third-order valence-electron chi connectivity index (χ3n) is 6.30. The summed E-state index contributed by atoms with van der Waals surface area (Å²) in [6.45, 7) is 11.1. The molecule has 0 saturated heterocycles. The molecule has 0 N–H and O–H groups in total. The van der Waals surface area contributed by atoms with Gasteiger partial charge in [-0.2, -0.15) is 24.3 Å². The summed E-state index contributed by atoms with van der Waals surface area (Å²) >= 11 is -1.82. The number of fused-ring (bicyclic) bond motifs is 2. The Morgan fingerprint density at radius 3 is 1.41 bits per heavy atom. The predicted octanol–water partition coefficient (Wildman–Crippen LogP) is 10.1. The van der Waals surface area contributed by atoms with Crippen molar-refractivity contribution in [3.63, 3.8) is 0 Å². The maximum absolute atomic E-state index is 5.70. The van der Waals surface area contributed by atoms with Crippen molar-refractivity contribution in [1.29, 1.82) is 0 Å². The molecule has 0 aliphatic heterocycles. The fraction of sp³-hybridized carbons (Fsp3) is 0.400. The van der Waals surface area contributed by atoms with Gasteiger partial charge < -0.3 is 0 Å². The van der Waals surface area contributed by atoms with E-state index in [-0.39, 0.29) is 0 Å². The van der Waals surface area contributed by atoms with Gasteiger partial charge in [-0.1, -0.05) is 63.8 Å². The van der Waals surface area contributed by atoms with Gasteiger partial charge >= 0.3 is 66.9 Å². The average molecular weight is 677 g/mol.